The molecule has 0 fully saturated rings. The number of nitrogens with one attached hydrogen (secondary N) is 2. The van der Waals surface area contributed by atoms with E-state index in [9.17, 15) is 22.8 Å². The van der Waals surface area contributed by atoms with Crippen LogP contribution < -0.4 is 10.9 Å². The Morgan fingerprint density at radius 1 is 1.12 bits per heavy atom. The lowest BCUT2D eigenvalue weighted by Crippen LogP contribution is -2.42. The molecule has 2 N–H and O–H groups in total. The minimum Gasteiger partial charge on any atom is -0.466 e. The van der Waals surface area contributed by atoms with Gasteiger partial charge < -0.3 is 4.42 Å². The normalized spacial score (nSPS) is 11.2. The number of aryl methyl sites for hydroxylation is 2. The van der Waals surface area contributed by atoms with Crippen molar-refractivity contribution >= 4 is 11.8 Å². The van der Waals surface area contributed by atoms with Crippen molar-refractivity contribution in [2.45, 2.75) is 26.4 Å². The van der Waals surface area contributed by atoms with E-state index in [0.29, 0.717) is 11.5 Å². The van der Waals surface area contributed by atoms with Crippen molar-refractivity contribution in [2.24, 2.45) is 0 Å². The molecular formula is C16H15F3N2O3. The van der Waals surface area contributed by atoms with Crippen molar-refractivity contribution in [3.05, 3.63) is 58.5 Å². The molecule has 1 aromatic heterocycles. The fourth-order valence-corrected chi connectivity index (χ4v) is 2.14. The Morgan fingerprint density at radius 2 is 1.83 bits per heavy atom. The monoisotopic (exact) mass is 340 g/mol. The van der Waals surface area contributed by atoms with E-state index >= 15 is 0 Å². The maximum atomic E-state index is 12.6. The van der Waals surface area contributed by atoms with E-state index in [-0.39, 0.29) is 17.5 Å². The molecular weight excluding hydrogens is 325 g/mol. The molecule has 0 unspecified atom stereocenters. The Morgan fingerprint density at radius 3 is 2.42 bits per heavy atom. The zero-order valence-electron chi connectivity index (χ0n) is 13.0. The number of rotatable bonds is 3. The van der Waals surface area contributed by atoms with Gasteiger partial charge in [-0.2, -0.15) is 13.2 Å². The van der Waals surface area contributed by atoms with Crippen LogP contribution in [0.1, 0.15) is 33.0 Å². The van der Waals surface area contributed by atoms with Gasteiger partial charge in [0, 0.05) is 0 Å². The van der Waals surface area contributed by atoms with Gasteiger partial charge in [-0.1, -0.05) is 18.2 Å². The first-order valence-corrected chi connectivity index (χ1v) is 6.99. The largest absolute Gasteiger partial charge is 0.466 e. The van der Waals surface area contributed by atoms with Crippen LogP contribution in [0.5, 0.6) is 0 Å². The maximum Gasteiger partial charge on any atom is 0.416 e. The highest BCUT2D eigenvalue weighted by atomic mass is 19.4. The van der Waals surface area contributed by atoms with Crippen LogP contribution in [0.3, 0.4) is 0 Å². The summed E-state index contributed by atoms with van der Waals surface area (Å²) in [6.45, 7) is 3.28. The number of halogens is 3. The van der Waals surface area contributed by atoms with E-state index in [1.54, 1.807) is 13.8 Å². The Balaban J connectivity index is 1.94. The number of benzene rings is 1. The van der Waals surface area contributed by atoms with E-state index in [0.717, 1.165) is 12.1 Å². The van der Waals surface area contributed by atoms with Crippen molar-refractivity contribution in [2.75, 3.05) is 0 Å². The van der Waals surface area contributed by atoms with Crippen LogP contribution in [0.2, 0.25) is 0 Å². The summed E-state index contributed by atoms with van der Waals surface area (Å²) in [6.07, 6.45) is -4.77. The zero-order chi connectivity index (χ0) is 17.9. The maximum absolute atomic E-state index is 12.6. The van der Waals surface area contributed by atoms with Crippen molar-refractivity contribution < 1.29 is 27.2 Å². The smallest absolute Gasteiger partial charge is 0.416 e. The third kappa shape index (κ3) is 4.37. The van der Waals surface area contributed by atoms with Gasteiger partial charge in [0.05, 0.1) is 17.5 Å². The molecule has 24 heavy (non-hydrogen) atoms. The third-order valence-corrected chi connectivity index (χ3v) is 3.22. The summed E-state index contributed by atoms with van der Waals surface area (Å²) in [4.78, 5) is 23.7. The van der Waals surface area contributed by atoms with Crippen LogP contribution in [0.25, 0.3) is 0 Å². The quantitative estimate of drug-likeness (QED) is 0.844. The molecule has 0 bridgehead atoms. The van der Waals surface area contributed by atoms with Crippen molar-refractivity contribution in [3.8, 4) is 0 Å². The molecule has 0 spiro atoms. The average Bonchev–Trinajstić information content (AvgIpc) is 2.83. The summed E-state index contributed by atoms with van der Waals surface area (Å²) >= 11 is 0. The molecule has 0 saturated heterocycles. The van der Waals surface area contributed by atoms with E-state index < -0.39 is 23.6 Å². The molecule has 5 nitrogen and oxygen atoms in total. The van der Waals surface area contributed by atoms with Gasteiger partial charge in [0.25, 0.3) is 5.91 Å². The summed E-state index contributed by atoms with van der Waals surface area (Å²) in [5.41, 5.74) is 3.99. The predicted octanol–water partition coefficient (Wildman–Crippen LogP) is 2.92. The second-order valence-corrected chi connectivity index (χ2v) is 5.20. The van der Waals surface area contributed by atoms with Gasteiger partial charge in [-0.15, -0.1) is 0 Å². The molecule has 0 aliphatic heterocycles. The Labute approximate surface area is 135 Å². The van der Waals surface area contributed by atoms with Crippen molar-refractivity contribution in [1.29, 1.82) is 0 Å². The van der Waals surface area contributed by atoms with Crippen LogP contribution in [-0.4, -0.2) is 11.8 Å². The average molecular weight is 340 g/mol. The van der Waals surface area contributed by atoms with Gasteiger partial charge in [-0.05, 0) is 31.5 Å². The number of furan rings is 1. The SMILES string of the molecule is Cc1cc(C(=O)NNC(=O)Cc2cccc(C(F)(F)F)c2)c(C)o1. The number of hydrogen-bond donors (Lipinski definition) is 2. The Kier molecular flexibility index (Phi) is 4.96. The molecule has 1 heterocycles. The molecule has 0 atom stereocenters. The van der Waals surface area contributed by atoms with Crippen molar-refractivity contribution in [3.63, 3.8) is 0 Å². The second-order valence-electron chi connectivity index (χ2n) is 5.20. The van der Waals surface area contributed by atoms with Gasteiger partial charge in [-0.3, -0.25) is 20.4 Å². The van der Waals surface area contributed by atoms with E-state index in [1.807, 2.05) is 0 Å². The molecule has 2 rings (SSSR count). The topological polar surface area (TPSA) is 71.3 Å². The number of hydrogen-bond acceptors (Lipinski definition) is 3. The Hall–Kier alpha value is -2.77. The highest BCUT2D eigenvalue weighted by Crippen LogP contribution is 2.29. The van der Waals surface area contributed by atoms with Gasteiger partial charge in [0.1, 0.15) is 11.5 Å². The van der Waals surface area contributed by atoms with Crippen LogP contribution in [0.4, 0.5) is 13.2 Å². The summed E-state index contributed by atoms with van der Waals surface area (Å²) in [6, 6.07) is 5.96. The Bertz CT molecular complexity index is 766. The highest BCUT2D eigenvalue weighted by Gasteiger charge is 2.30. The number of carbonyl (C=O) groups is 2. The zero-order valence-corrected chi connectivity index (χ0v) is 13.0. The lowest BCUT2D eigenvalue weighted by Gasteiger charge is -2.09. The molecule has 0 aliphatic carbocycles. The standard InChI is InChI=1S/C16H15F3N2O3/c1-9-6-13(10(2)24-9)15(23)21-20-14(22)8-11-4-3-5-12(7-11)16(17,18)19/h3-7H,8H2,1-2H3,(H,20,22)(H,21,23). The molecule has 0 aliphatic rings. The fourth-order valence-electron chi connectivity index (χ4n) is 2.14. The van der Waals surface area contributed by atoms with Crippen LogP contribution in [-0.2, 0) is 17.4 Å². The molecule has 0 radical (unpaired) electrons. The molecule has 8 heteroatoms. The van der Waals surface area contributed by atoms with Crippen LogP contribution in [0, 0.1) is 13.8 Å². The molecule has 0 saturated carbocycles. The number of alkyl halides is 3. The summed E-state index contributed by atoms with van der Waals surface area (Å²) < 4.78 is 43.1. The summed E-state index contributed by atoms with van der Waals surface area (Å²) in [7, 11) is 0. The van der Waals surface area contributed by atoms with E-state index in [1.165, 1.54) is 18.2 Å². The van der Waals surface area contributed by atoms with Gasteiger partial charge in [-0.25, -0.2) is 0 Å². The van der Waals surface area contributed by atoms with Gasteiger partial charge in [0.2, 0.25) is 5.91 Å². The second kappa shape index (κ2) is 6.77. The minimum absolute atomic E-state index is 0.187. The predicted molar refractivity (Wildman–Crippen MR) is 78.9 cm³/mol. The molecule has 128 valence electrons. The fraction of sp³-hybridized carbons (Fsp3) is 0.250. The van der Waals surface area contributed by atoms with Gasteiger partial charge >= 0.3 is 6.18 Å². The van der Waals surface area contributed by atoms with Crippen LogP contribution in [0.15, 0.2) is 34.7 Å². The summed E-state index contributed by atoms with van der Waals surface area (Å²) in [5.74, 6) is -0.257. The first-order chi connectivity index (χ1) is 11.2. The first-order valence-electron chi connectivity index (χ1n) is 6.99. The lowest BCUT2D eigenvalue weighted by molar-refractivity contribution is -0.137. The summed E-state index contributed by atoms with van der Waals surface area (Å²) in [5, 5.41) is 0. The van der Waals surface area contributed by atoms with E-state index in [2.05, 4.69) is 10.9 Å². The highest BCUT2D eigenvalue weighted by molar-refractivity contribution is 5.96. The number of amides is 2. The lowest BCUT2D eigenvalue weighted by atomic mass is 10.1. The number of carbonyl (C=O) groups excluding carboxylic acids is 2. The van der Waals surface area contributed by atoms with Gasteiger partial charge in [0.15, 0.2) is 0 Å². The molecule has 1 aromatic carbocycles. The minimum atomic E-state index is -4.47. The number of hydrazine groups is 1. The molecule has 2 amide bonds. The van der Waals surface area contributed by atoms with E-state index in [4.69, 9.17) is 4.42 Å². The van der Waals surface area contributed by atoms with Crippen molar-refractivity contribution in [1.82, 2.24) is 10.9 Å². The third-order valence-electron chi connectivity index (χ3n) is 3.22. The first kappa shape index (κ1) is 17.6. The molecule has 2 aromatic rings. The van der Waals surface area contributed by atoms with Crippen LogP contribution >= 0.6 is 0 Å².